The normalized spacial score (nSPS) is 14.0. The fourth-order valence-corrected chi connectivity index (χ4v) is 13.2. The molecule has 0 saturated carbocycles. The fourth-order valence-electron chi connectivity index (χ4n) is 11.7. The molecule has 0 radical (unpaired) electrons. The molecule has 2 unspecified atom stereocenters. The second kappa shape index (κ2) is 67.9. The number of unbranched alkanes of at least 4 members (excludes halogenated alkanes) is 45. The molecule has 0 rings (SSSR count). The van der Waals surface area contributed by atoms with Crippen LogP contribution >= 0.6 is 15.6 Å². The molecule has 0 aliphatic carbocycles. The number of carbonyl (C=O) groups is 4. The summed E-state index contributed by atoms with van der Waals surface area (Å²) >= 11 is 0. The predicted molar refractivity (Wildman–Crippen MR) is 386 cm³/mol. The van der Waals surface area contributed by atoms with E-state index in [-0.39, 0.29) is 25.7 Å². The summed E-state index contributed by atoms with van der Waals surface area (Å²) in [5, 5.41) is 10.6. The van der Waals surface area contributed by atoms with Crippen LogP contribution in [0.25, 0.3) is 0 Å². The van der Waals surface area contributed by atoms with Crippen LogP contribution in [0.5, 0.6) is 0 Å². The Balaban J connectivity index is 5.16. The van der Waals surface area contributed by atoms with Crippen molar-refractivity contribution in [1.82, 2.24) is 0 Å². The first-order valence-corrected chi connectivity index (χ1v) is 42.5. The lowest BCUT2D eigenvalue weighted by molar-refractivity contribution is -0.161. The average molecular weight is 1400 g/mol. The van der Waals surface area contributed by atoms with E-state index < -0.39 is 97.5 Å². The van der Waals surface area contributed by atoms with Gasteiger partial charge in [-0.25, -0.2) is 9.13 Å². The van der Waals surface area contributed by atoms with Crippen molar-refractivity contribution in [3.8, 4) is 0 Å². The Kier molecular flexibility index (Phi) is 66.5. The van der Waals surface area contributed by atoms with Gasteiger partial charge in [0, 0.05) is 25.7 Å². The Labute approximate surface area is 581 Å². The van der Waals surface area contributed by atoms with Gasteiger partial charge in [0.25, 0.3) is 0 Å². The molecule has 0 bridgehead atoms. The quantitative estimate of drug-likeness (QED) is 0.0222. The lowest BCUT2D eigenvalue weighted by Gasteiger charge is -2.21. The molecule has 0 aliphatic rings. The Morgan fingerprint density at radius 1 is 0.284 bits per heavy atom. The largest absolute Gasteiger partial charge is 0.472 e. The molecule has 0 amide bonds. The van der Waals surface area contributed by atoms with Crippen LogP contribution in [0.2, 0.25) is 0 Å². The molecule has 3 N–H and O–H groups in total. The molecule has 0 spiro atoms. The molecule has 19 heteroatoms. The second-order valence-electron chi connectivity index (χ2n) is 28.3. The lowest BCUT2D eigenvalue weighted by atomic mass is 10.0. The maximum absolute atomic E-state index is 13.1. The molecule has 0 aromatic heterocycles. The van der Waals surface area contributed by atoms with Gasteiger partial charge in [-0.2, -0.15) is 0 Å². The maximum atomic E-state index is 13.1. The molecule has 0 aromatic carbocycles. The number of rotatable bonds is 75. The predicted octanol–water partition coefficient (Wildman–Crippen LogP) is 22.3. The molecule has 0 aliphatic heterocycles. The van der Waals surface area contributed by atoms with Gasteiger partial charge >= 0.3 is 39.5 Å². The number of hydrogen-bond acceptors (Lipinski definition) is 15. The number of esters is 4. The van der Waals surface area contributed by atoms with Gasteiger partial charge in [0.05, 0.1) is 26.4 Å². The van der Waals surface area contributed by atoms with Gasteiger partial charge in [-0.1, -0.05) is 343 Å². The van der Waals surface area contributed by atoms with Crippen molar-refractivity contribution in [1.29, 1.82) is 0 Å². The van der Waals surface area contributed by atoms with E-state index in [2.05, 4.69) is 41.5 Å². The number of hydrogen-bond donors (Lipinski definition) is 3. The maximum Gasteiger partial charge on any atom is 0.472 e. The standard InChI is InChI=1S/C76H148O17P2/c1-7-9-11-13-15-17-18-19-20-21-22-23-24-25-26-27-28-33-36-42-48-54-60-75(80)92-71(65-87-74(79)59-53-47-41-35-32-30-29-31-34-38-44-50-56-68(3)4)66-90-94(82,83)88-62-70(77)63-89-95(84,85)91-67-72(64-86-73(78)58-52-46-40-16-14-12-10-8-2)93-76(81)61-55-49-43-37-39-45-51-57-69(5)6/h68-72,77H,7-67H2,1-6H3,(H,82,83)(H,84,85)/t70-,71-,72-/m1/s1. The monoisotopic (exact) mass is 1400 g/mol. The average Bonchev–Trinajstić information content (AvgIpc) is 1.42. The number of aliphatic hydroxyl groups is 1. The molecule has 0 fully saturated rings. The topological polar surface area (TPSA) is 237 Å². The van der Waals surface area contributed by atoms with Crippen molar-refractivity contribution in [2.45, 2.75) is 413 Å². The minimum Gasteiger partial charge on any atom is -0.462 e. The Bertz CT molecular complexity index is 1840. The van der Waals surface area contributed by atoms with Crippen molar-refractivity contribution in [2.75, 3.05) is 39.6 Å². The summed E-state index contributed by atoms with van der Waals surface area (Å²) in [7, 11) is -9.90. The summed E-state index contributed by atoms with van der Waals surface area (Å²) in [5.74, 6) is -0.645. The SMILES string of the molecule is CCCCCCCCCCCCCCCCCCCCCCCCC(=O)O[C@H](COC(=O)CCCCCCCCCCCCCCC(C)C)COP(=O)(O)OC[C@@H](O)COP(=O)(O)OC[C@@H](COC(=O)CCCCCCCCCC)OC(=O)CCCCCCCCCC(C)C. The van der Waals surface area contributed by atoms with Crippen LogP contribution in [0.4, 0.5) is 0 Å². The molecule has 17 nitrogen and oxygen atoms in total. The summed E-state index contributed by atoms with van der Waals surface area (Å²) < 4.78 is 68.4. The first kappa shape index (κ1) is 93.1. The van der Waals surface area contributed by atoms with Gasteiger partial charge < -0.3 is 33.8 Å². The highest BCUT2D eigenvalue weighted by Crippen LogP contribution is 2.45. The van der Waals surface area contributed by atoms with Gasteiger partial charge in [-0.05, 0) is 37.5 Å². The minimum atomic E-state index is -4.96. The molecule has 0 aromatic rings. The molecular formula is C76H148O17P2. The summed E-state index contributed by atoms with van der Waals surface area (Å²) in [5.41, 5.74) is 0. The van der Waals surface area contributed by atoms with Gasteiger partial charge in [-0.3, -0.25) is 37.3 Å². The smallest absolute Gasteiger partial charge is 0.462 e. The number of ether oxygens (including phenoxy) is 4. The van der Waals surface area contributed by atoms with E-state index in [9.17, 15) is 43.2 Å². The van der Waals surface area contributed by atoms with Crippen molar-refractivity contribution < 1.29 is 80.2 Å². The highest BCUT2D eigenvalue weighted by Gasteiger charge is 2.30. The molecule has 5 atom stereocenters. The number of phosphoric acid groups is 2. The van der Waals surface area contributed by atoms with Crippen molar-refractivity contribution >= 4 is 39.5 Å². The molecule has 564 valence electrons. The molecular weight excluding hydrogens is 1250 g/mol. The van der Waals surface area contributed by atoms with E-state index in [0.29, 0.717) is 31.6 Å². The zero-order chi connectivity index (χ0) is 70.0. The lowest BCUT2D eigenvalue weighted by Crippen LogP contribution is -2.30. The van der Waals surface area contributed by atoms with E-state index in [1.165, 1.54) is 205 Å². The van der Waals surface area contributed by atoms with Crippen LogP contribution < -0.4 is 0 Å². The van der Waals surface area contributed by atoms with Crippen LogP contribution in [0.3, 0.4) is 0 Å². The summed E-state index contributed by atoms with van der Waals surface area (Å²) in [4.78, 5) is 72.6. The van der Waals surface area contributed by atoms with Gasteiger partial charge in [0.2, 0.25) is 0 Å². The van der Waals surface area contributed by atoms with Gasteiger partial charge in [-0.15, -0.1) is 0 Å². The summed E-state index contributed by atoms with van der Waals surface area (Å²) in [6.07, 6.45) is 55.9. The molecule has 0 heterocycles. The van der Waals surface area contributed by atoms with Gasteiger partial charge in [0.1, 0.15) is 19.3 Å². The Hall–Kier alpha value is -1.94. The zero-order valence-electron chi connectivity index (χ0n) is 62.0. The fraction of sp³-hybridized carbons (Fsp3) is 0.947. The third-order valence-electron chi connectivity index (χ3n) is 17.7. The van der Waals surface area contributed by atoms with Crippen LogP contribution in [0, 0.1) is 11.8 Å². The zero-order valence-corrected chi connectivity index (χ0v) is 63.8. The van der Waals surface area contributed by atoms with Crippen molar-refractivity contribution in [2.24, 2.45) is 11.8 Å². The third-order valence-corrected chi connectivity index (χ3v) is 19.6. The van der Waals surface area contributed by atoms with Crippen molar-refractivity contribution in [3.05, 3.63) is 0 Å². The van der Waals surface area contributed by atoms with Crippen molar-refractivity contribution in [3.63, 3.8) is 0 Å². The van der Waals surface area contributed by atoms with Crippen LogP contribution in [0.1, 0.15) is 395 Å². The van der Waals surface area contributed by atoms with E-state index in [1.807, 2.05) is 0 Å². The first-order valence-electron chi connectivity index (χ1n) is 39.5. The minimum absolute atomic E-state index is 0.103. The number of aliphatic hydroxyl groups excluding tert-OH is 1. The van der Waals surface area contributed by atoms with E-state index in [1.54, 1.807) is 0 Å². The highest BCUT2D eigenvalue weighted by atomic mass is 31.2. The van der Waals surface area contributed by atoms with Crippen LogP contribution in [-0.2, 0) is 65.4 Å². The summed E-state index contributed by atoms with van der Waals surface area (Å²) in [6, 6.07) is 0. The molecule has 95 heavy (non-hydrogen) atoms. The van der Waals surface area contributed by atoms with E-state index in [0.717, 1.165) is 102 Å². The Morgan fingerprint density at radius 3 is 0.716 bits per heavy atom. The summed E-state index contributed by atoms with van der Waals surface area (Å²) in [6.45, 7) is 9.51. The van der Waals surface area contributed by atoms with Crippen LogP contribution in [0.15, 0.2) is 0 Å². The number of phosphoric ester groups is 2. The third kappa shape index (κ3) is 70.3. The second-order valence-corrected chi connectivity index (χ2v) is 31.3. The van der Waals surface area contributed by atoms with E-state index >= 15 is 0 Å². The molecule has 0 saturated heterocycles. The van der Waals surface area contributed by atoms with Crippen LogP contribution in [-0.4, -0.2) is 96.7 Å². The van der Waals surface area contributed by atoms with E-state index in [4.69, 9.17) is 37.0 Å². The highest BCUT2D eigenvalue weighted by molar-refractivity contribution is 7.47. The Morgan fingerprint density at radius 2 is 0.484 bits per heavy atom. The first-order chi connectivity index (χ1) is 45.9. The number of carbonyl (C=O) groups excluding carboxylic acids is 4. The van der Waals surface area contributed by atoms with Gasteiger partial charge in [0.15, 0.2) is 12.2 Å².